The Morgan fingerprint density at radius 1 is 1.39 bits per heavy atom. The monoisotopic (exact) mass is 321 g/mol. The molecule has 1 aromatic heterocycles. The zero-order valence-corrected chi connectivity index (χ0v) is 11.9. The molecule has 0 aliphatic heterocycles. The minimum absolute atomic E-state index is 0.489. The Labute approximate surface area is 119 Å². The van der Waals surface area contributed by atoms with Gasteiger partial charge in [-0.2, -0.15) is 5.26 Å². The Morgan fingerprint density at radius 3 is 2.78 bits per heavy atom. The number of rotatable bonds is 2. The second-order valence-electron chi connectivity index (χ2n) is 3.77. The van der Waals surface area contributed by atoms with Crippen LogP contribution < -0.4 is 5.32 Å². The third-order valence-corrected chi connectivity index (χ3v) is 3.25. The number of hydrogen-bond donors (Lipinski definition) is 1. The van der Waals surface area contributed by atoms with Crippen molar-refractivity contribution in [1.29, 1.82) is 5.26 Å². The number of pyridine rings is 1. The Kier molecular flexibility index (Phi) is 3.85. The van der Waals surface area contributed by atoms with E-state index in [-0.39, 0.29) is 0 Å². The molecule has 0 amide bonds. The first-order chi connectivity index (χ1) is 8.60. The molecular weight excluding hydrogens is 314 g/mol. The van der Waals surface area contributed by atoms with E-state index < -0.39 is 0 Å². The van der Waals surface area contributed by atoms with Crippen LogP contribution in [0.2, 0.25) is 5.02 Å². The lowest BCUT2D eigenvalue weighted by molar-refractivity contribution is 1.24. The lowest BCUT2D eigenvalue weighted by atomic mass is 10.2. The summed E-state index contributed by atoms with van der Waals surface area (Å²) >= 11 is 9.52. The predicted molar refractivity (Wildman–Crippen MR) is 76.1 cm³/mol. The van der Waals surface area contributed by atoms with E-state index in [4.69, 9.17) is 16.9 Å². The Hall–Kier alpha value is -1.57. The minimum atomic E-state index is 0.489. The molecule has 0 bridgehead atoms. The lowest BCUT2D eigenvalue weighted by Gasteiger charge is -2.09. The third-order valence-electron chi connectivity index (χ3n) is 2.33. The van der Waals surface area contributed by atoms with Crippen molar-refractivity contribution in [3.63, 3.8) is 0 Å². The maximum absolute atomic E-state index is 8.77. The van der Waals surface area contributed by atoms with E-state index in [2.05, 4.69) is 26.2 Å². The molecule has 2 aromatic rings. The smallest absolute Gasteiger partial charge is 0.144 e. The van der Waals surface area contributed by atoms with E-state index in [9.17, 15) is 0 Å². The number of aromatic nitrogens is 1. The summed E-state index contributed by atoms with van der Waals surface area (Å²) in [5.41, 5.74) is 2.31. The fourth-order valence-corrected chi connectivity index (χ4v) is 2.23. The number of hydrogen-bond acceptors (Lipinski definition) is 3. The molecule has 0 saturated heterocycles. The highest BCUT2D eigenvalue weighted by atomic mass is 79.9. The van der Waals surface area contributed by atoms with E-state index in [1.807, 2.05) is 19.1 Å². The topological polar surface area (TPSA) is 48.7 Å². The van der Waals surface area contributed by atoms with Crippen LogP contribution in [0, 0.1) is 18.3 Å². The molecule has 0 aliphatic carbocycles. The van der Waals surface area contributed by atoms with Crippen LogP contribution in [0.25, 0.3) is 0 Å². The molecule has 18 heavy (non-hydrogen) atoms. The van der Waals surface area contributed by atoms with Gasteiger partial charge in [0.2, 0.25) is 0 Å². The van der Waals surface area contributed by atoms with Crippen molar-refractivity contribution in [2.75, 3.05) is 5.32 Å². The van der Waals surface area contributed by atoms with Gasteiger partial charge >= 0.3 is 0 Å². The maximum Gasteiger partial charge on any atom is 0.144 e. The van der Waals surface area contributed by atoms with Gasteiger partial charge in [-0.1, -0.05) is 11.6 Å². The van der Waals surface area contributed by atoms with Gasteiger partial charge in [0.25, 0.3) is 0 Å². The van der Waals surface area contributed by atoms with Crippen molar-refractivity contribution in [1.82, 2.24) is 4.98 Å². The summed E-state index contributed by atoms with van der Waals surface area (Å²) in [5, 5.41) is 12.4. The summed E-state index contributed by atoms with van der Waals surface area (Å²) in [6.07, 6.45) is 1.77. The Morgan fingerprint density at radius 2 is 2.17 bits per heavy atom. The summed E-state index contributed by atoms with van der Waals surface area (Å²) in [7, 11) is 0. The summed E-state index contributed by atoms with van der Waals surface area (Å²) in [5.74, 6) is 0.687. The molecule has 0 unspecified atom stereocenters. The number of nitrogens with zero attached hydrogens (tertiary/aromatic N) is 2. The second-order valence-corrected chi connectivity index (χ2v) is 5.04. The highest BCUT2D eigenvalue weighted by Crippen LogP contribution is 2.29. The average Bonchev–Trinajstić information content (AvgIpc) is 2.34. The van der Waals surface area contributed by atoms with Crippen LogP contribution in [0.15, 0.2) is 34.9 Å². The van der Waals surface area contributed by atoms with Crippen LogP contribution in [-0.2, 0) is 0 Å². The maximum atomic E-state index is 8.77. The first kappa shape index (κ1) is 12.9. The summed E-state index contributed by atoms with van der Waals surface area (Å²) in [6, 6.07) is 9.09. The Bertz CT molecular complexity index is 635. The van der Waals surface area contributed by atoms with Gasteiger partial charge in [-0.25, -0.2) is 4.98 Å². The fraction of sp³-hybridized carbons (Fsp3) is 0.0769. The minimum Gasteiger partial charge on any atom is -0.338 e. The summed E-state index contributed by atoms with van der Waals surface area (Å²) in [6.45, 7) is 1.97. The zero-order chi connectivity index (χ0) is 13.1. The van der Waals surface area contributed by atoms with Crippen molar-refractivity contribution < 1.29 is 0 Å². The normalized spacial score (nSPS) is 9.89. The number of nitriles is 1. The number of nitrogens with one attached hydrogen (secondary N) is 1. The molecular formula is C13H9BrClN3. The SMILES string of the molecule is Cc1cnc(Nc2ccc(C#N)cc2Cl)c(Br)c1. The number of halogens is 2. The first-order valence-electron chi connectivity index (χ1n) is 5.19. The van der Waals surface area contributed by atoms with Gasteiger partial charge in [0.05, 0.1) is 26.8 Å². The molecule has 1 heterocycles. The van der Waals surface area contributed by atoms with E-state index in [0.29, 0.717) is 22.1 Å². The number of aryl methyl sites for hydroxylation is 1. The van der Waals surface area contributed by atoms with Gasteiger partial charge in [0, 0.05) is 6.20 Å². The second kappa shape index (κ2) is 5.38. The predicted octanol–water partition coefficient (Wildman–Crippen LogP) is 4.42. The third kappa shape index (κ3) is 2.81. The van der Waals surface area contributed by atoms with Crippen molar-refractivity contribution in [2.45, 2.75) is 6.92 Å². The molecule has 3 nitrogen and oxygen atoms in total. The highest BCUT2D eigenvalue weighted by Gasteiger charge is 2.06. The van der Waals surface area contributed by atoms with Gasteiger partial charge in [0.1, 0.15) is 5.82 Å². The Balaban J connectivity index is 2.32. The van der Waals surface area contributed by atoms with Gasteiger partial charge in [-0.3, -0.25) is 0 Å². The van der Waals surface area contributed by atoms with Crippen molar-refractivity contribution in [2.24, 2.45) is 0 Å². The summed E-state index contributed by atoms with van der Waals surface area (Å²) in [4.78, 5) is 4.28. The van der Waals surface area contributed by atoms with Crippen LogP contribution in [0.4, 0.5) is 11.5 Å². The van der Waals surface area contributed by atoms with Gasteiger partial charge < -0.3 is 5.32 Å². The average molecular weight is 323 g/mol. The quantitative estimate of drug-likeness (QED) is 0.890. The van der Waals surface area contributed by atoms with Crippen molar-refractivity contribution in [3.8, 4) is 6.07 Å². The van der Waals surface area contributed by atoms with Crippen molar-refractivity contribution >= 4 is 39.0 Å². The molecule has 0 fully saturated rings. The molecule has 0 spiro atoms. The van der Waals surface area contributed by atoms with Crippen LogP contribution in [-0.4, -0.2) is 4.98 Å². The van der Waals surface area contributed by atoms with Crippen LogP contribution >= 0.6 is 27.5 Å². The number of anilines is 2. The van der Waals surface area contributed by atoms with E-state index >= 15 is 0 Å². The standard InChI is InChI=1S/C13H9BrClN3/c1-8-4-10(14)13(17-7-8)18-12-3-2-9(6-16)5-11(12)15/h2-5,7H,1H3,(H,17,18). The van der Waals surface area contributed by atoms with Gasteiger partial charge in [-0.05, 0) is 52.7 Å². The molecule has 90 valence electrons. The molecule has 5 heteroatoms. The molecule has 0 radical (unpaired) electrons. The highest BCUT2D eigenvalue weighted by molar-refractivity contribution is 9.10. The lowest BCUT2D eigenvalue weighted by Crippen LogP contribution is -1.96. The summed E-state index contributed by atoms with van der Waals surface area (Å²) < 4.78 is 0.864. The van der Waals surface area contributed by atoms with Crippen molar-refractivity contribution in [3.05, 3.63) is 51.1 Å². The molecule has 1 aromatic carbocycles. The molecule has 0 saturated carbocycles. The fourth-order valence-electron chi connectivity index (χ4n) is 1.44. The van der Waals surface area contributed by atoms with E-state index in [0.717, 1.165) is 10.0 Å². The van der Waals surface area contributed by atoms with Gasteiger partial charge in [-0.15, -0.1) is 0 Å². The molecule has 2 rings (SSSR count). The molecule has 0 aliphatic rings. The first-order valence-corrected chi connectivity index (χ1v) is 6.36. The largest absolute Gasteiger partial charge is 0.338 e. The van der Waals surface area contributed by atoms with Crippen LogP contribution in [0.1, 0.15) is 11.1 Å². The molecule has 1 N–H and O–H groups in total. The van der Waals surface area contributed by atoms with E-state index in [1.165, 1.54) is 0 Å². The zero-order valence-electron chi connectivity index (χ0n) is 9.54. The molecule has 0 atom stereocenters. The van der Waals surface area contributed by atoms with Gasteiger partial charge in [0.15, 0.2) is 0 Å². The van der Waals surface area contributed by atoms with Crippen LogP contribution in [0.5, 0.6) is 0 Å². The number of benzene rings is 1. The van der Waals surface area contributed by atoms with E-state index in [1.54, 1.807) is 24.4 Å². The van der Waals surface area contributed by atoms with Crippen LogP contribution in [0.3, 0.4) is 0 Å².